The quantitative estimate of drug-likeness (QED) is 0.753. The number of fused-ring (bicyclic) bond motifs is 4. The first-order valence-corrected chi connectivity index (χ1v) is 9.48. The van der Waals surface area contributed by atoms with Crippen molar-refractivity contribution in [2.75, 3.05) is 0 Å². The van der Waals surface area contributed by atoms with E-state index in [0.29, 0.717) is 24.7 Å². The molecule has 0 spiro atoms. The number of hydrogen-bond acceptors (Lipinski definition) is 3. The van der Waals surface area contributed by atoms with Crippen LogP contribution in [-0.2, 0) is 4.74 Å². The normalized spacial score (nSPS) is 59.0. The van der Waals surface area contributed by atoms with E-state index in [-0.39, 0.29) is 21.7 Å². The fourth-order valence-corrected chi connectivity index (χ4v) is 7.01. The molecule has 0 aromatic heterocycles. The lowest BCUT2D eigenvalue weighted by Gasteiger charge is -2.52. The van der Waals surface area contributed by atoms with Crippen LogP contribution in [0.25, 0.3) is 0 Å². The molecule has 4 fully saturated rings. The highest BCUT2D eigenvalue weighted by atomic mass is 16.7. The SMILES string of the molecule is CC1(C)C2CCC1(C)C(O)(OC1(O)CC3CCC1(C)C3(C)C)C2. The van der Waals surface area contributed by atoms with E-state index in [0.717, 1.165) is 12.8 Å². The Labute approximate surface area is 140 Å². The van der Waals surface area contributed by atoms with Crippen LogP contribution in [0.3, 0.4) is 0 Å². The summed E-state index contributed by atoms with van der Waals surface area (Å²) in [5.74, 6) is -1.42. The van der Waals surface area contributed by atoms with Crippen LogP contribution in [-0.4, -0.2) is 21.8 Å². The molecule has 3 heteroatoms. The first-order valence-electron chi connectivity index (χ1n) is 9.48. The summed E-state index contributed by atoms with van der Waals surface area (Å²) in [6.45, 7) is 13.4. The summed E-state index contributed by atoms with van der Waals surface area (Å²) < 4.78 is 6.40. The zero-order chi connectivity index (χ0) is 17.1. The Morgan fingerprint density at radius 2 is 1.04 bits per heavy atom. The van der Waals surface area contributed by atoms with Crippen LogP contribution in [0, 0.1) is 33.5 Å². The minimum atomic E-state index is -1.20. The Balaban J connectivity index is 1.70. The summed E-state index contributed by atoms with van der Waals surface area (Å²) in [6, 6.07) is 0. The van der Waals surface area contributed by atoms with Gasteiger partial charge in [-0.05, 0) is 48.3 Å². The maximum Gasteiger partial charge on any atom is 0.175 e. The van der Waals surface area contributed by atoms with Gasteiger partial charge in [-0.1, -0.05) is 41.5 Å². The Morgan fingerprint density at radius 3 is 1.26 bits per heavy atom. The highest BCUT2D eigenvalue weighted by Crippen LogP contribution is 2.74. The van der Waals surface area contributed by atoms with Gasteiger partial charge in [-0.3, -0.25) is 0 Å². The lowest BCUT2D eigenvalue weighted by Crippen LogP contribution is -2.59. The average molecular weight is 322 g/mol. The number of hydrogen-bond donors (Lipinski definition) is 2. The summed E-state index contributed by atoms with van der Waals surface area (Å²) in [5.41, 5.74) is -0.427. The third-order valence-corrected chi connectivity index (χ3v) is 9.98. The van der Waals surface area contributed by atoms with Crippen molar-refractivity contribution in [3.63, 3.8) is 0 Å². The largest absolute Gasteiger partial charge is 0.365 e. The Morgan fingerprint density at radius 1 is 0.696 bits per heavy atom. The van der Waals surface area contributed by atoms with Gasteiger partial charge in [-0.15, -0.1) is 0 Å². The van der Waals surface area contributed by atoms with E-state index in [4.69, 9.17) is 4.74 Å². The highest BCUT2D eigenvalue weighted by Gasteiger charge is 2.75. The minimum Gasteiger partial charge on any atom is -0.365 e. The third-order valence-electron chi connectivity index (χ3n) is 9.98. The average Bonchev–Trinajstić information content (AvgIpc) is 2.88. The van der Waals surface area contributed by atoms with Gasteiger partial charge in [0.2, 0.25) is 0 Å². The molecule has 0 amide bonds. The van der Waals surface area contributed by atoms with Gasteiger partial charge >= 0.3 is 0 Å². The molecule has 23 heavy (non-hydrogen) atoms. The zero-order valence-corrected chi connectivity index (χ0v) is 15.7. The fraction of sp³-hybridized carbons (Fsp3) is 1.00. The molecule has 4 rings (SSSR count). The predicted molar refractivity (Wildman–Crippen MR) is 89.4 cm³/mol. The van der Waals surface area contributed by atoms with Crippen LogP contribution < -0.4 is 0 Å². The van der Waals surface area contributed by atoms with Crippen molar-refractivity contribution in [3.05, 3.63) is 0 Å². The molecule has 0 heterocycles. The van der Waals surface area contributed by atoms with E-state index < -0.39 is 11.6 Å². The second-order valence-corrected chi connectivity index (χ2v) is 10.7. The smallest absolute Gasteiger partial charge is 0.175 e. The van der Waals surface area contributed by atoms with Crippen LogP contribution in [0.1, 0.15) is 80.1 Å². The van der Waals surface area contributed by atoms with Crippen LogP contribution in [0.5, 0.6) is 0 Å². The molecule has 0 aromatic rings. The van der Waals surface area contributed by atoms with Crippen molar-refractivity contribution in [3.8, 4) is 0 Å². The molecule has 0 aliphatic heterocycles. The maximum absolute atomic E-state index is 11.5. The fourth-order valence-electron chi connectivity index (χ4n) is 7.01. The predicted octanol–water partition coefficient (Wildman–Crippen LogP) is 4.07. The topological polar surface area (TPSA) is 49.7 Å². The van der Waals surface area contributed by atoms with E-state index in [1.807, 2.05) is 0 Å². The van der Waals surface area contributed by atoms with E-state index in [1.54, 1.807) is 0 Å². The number of ether oxygens (including phenoxy) is 1. The lowest BCUT2D eigenvalue weighted by atomic mass is 9.67. The summed E-state index contributed by atoms with van der Waals surface area (Å²) in [4.78, 5) is 0. The second kappa shape index (κ2) is 3.99. The first-order chi connectivity index (χ1) is 10.3. The first kappa shape index (κ1) is 16.4. The Hall–Kier alpha value is -0.120. The van der Waals surface area contributed by atoms with Gasteiger partial charge in [0.1, 0.15) is 0 Å². The summed E-state index contributed by atoms with van der Waals surface area (Å²) in [6.07, 6.45) is 5.64. The van der Waals surface area contributed by atoms with Gasteiger partial charge in [0, 0.05) is 23.7 Å². The van der Waals surface area contributed by atoms with Gasteiger partial charge < -0.3 is 14.9 Å². The van der Waals surface area contributed by atoms with Crippen molar-refractivity contribution in [1.82, 2.24) is 0 Å². The monoisotopic (exact) mass is 322 g/mol. The van der Waals surface area contributed by atoms with Crippen molar-refractivity contribution < 1.29 is 14.9 Å². The molecule has 4 bridgehead atoms. The van der Waals surface area contributed by atoms with E-state index in [1.165, 1.54) is 12.8 Å². The van der Waals surface area contributed by atoms with Crippen molar-refractivity contribution in [1.29, 1.82) is 0 Å². The zero-order valence-electron chi connectivity index (χ0n) is 15.7. The second-order valence-electron chi connectivity index (χ2n) is 10.7. The summed E-state index contributed by atoms with van der Waals surface area (Å²) in [5, 5.41) is 23.1. The minimum absolute atomic E-state index is 0.0617. The van der Waals surface area contributed by atoms with Gasteiger partial charge in [-0.25, -0.2) is 0 Å². The number of aliphatic hydroxyl groups is 2. The van der Waals surface area contributed by atoms with Crippen molar-refractivity contribution >= 4 is 0 Å². The van der Waals surface area contributed by atoms with Crippen LogP contribution in [0.15, 0.2) is 0 Å². The molecule has 6 unspecified atom stereocenters. The molecule has 0 radical (unpaired) electrons. The Bertz CT molecular complexity index is 507. The molecular formula is C20H34O3. The Kier molecular flexibility index (Phi) is 2.84. The van der Waals surface area contributed by atoms with Crippen LogP contribution >= 0.6 is 0 Å². The van der Waals surface area contributed by atoms with Gasteiger partial charge in [0.15, 0.2) is 11.6 Å². The lowest BCUT2D eigenvalue weighted by molar-refractivity contribution is -0.399. The van der Waals surface area contributed by atoms with Crippen molar-refractivity contribution in [2.24, 2.45) is 33.5 Å². The maximum atomic E-state index is 11.5. The third kappa shape index (κ3) is 1.50. The van der Waals surface area contributed by atoms with E-state index >= 15 is 0 Å². The van der Waals surface area contributed by atoms with Crippen molar-refractivity contribution in [2.45, 2.75) is 91.6 Å². The molecular weight excluding hydrogens is 288 g/mol. The molecule has 0 aromatic carbocycles. The van der Waals surface area contributed by atoms with Crippen LogP contribution in [0.4, 0.5) is 0 Å². The van der Waals surface area contributed by atoms with Crippen LogP contribution in [0.2, 0.25) is 0 Å². The molecule has 2 N–H and O–H groups in total. The molecule has 4 aliphatic carbocycles. The molecule has 4 aliphatic rings. The molecule has 132 valence electrons. The van der Waals surface area contributed by atoms with Gasteiger partial charge in [0.25, 0.3) is 0 Å². The molecule has 6 atom stereocenters. The molecule has 0 saturated heterocycles. The van der Waals surface area contributed by atoms with Gasteiger partial charge in [-0.2, -0.15) is 0 Å². The summed E-state index contributed by atoms with van der Waals surface area (Å²) >= 11 is 0. The molecule has 3 nitrogen and oxygen atoms in total. The highest BCUT2D eigenvalue weighted by molar-refractivity contribution is 5.19. The van der Waals surface area contributed by atoms with Gasteiger partial charge in [0.05, 0.1) is 0 Å². The number of rotatable bonds is 2. The summed E-state index contributed by atoms with van der Waals surface area (Å²) in [7, 11) is 0. The van der Waals surface area contributed by atoms with E-state index in [2.05, 4.69) is 41.5 Å². The van der Waals surface area contributed by atoms with E-state index in [9.17, 15) is 10.2 Å². The molecule has 4 saturated carbocycles. The standard InChI is InChI=1S/C20H34O3/c1-15(2)13-7-9-17(15,5)19(21,11-13)23-20(22)12-14-8-10-18(20,6)16(14,3)4/h13-14,21-22H,7-12H2,1-6H3.